The van der Waals surface area contributed by atoms with Crippen LogP contribution in [0.1, 0.15) is 38.2 Å². The van der Waals surface area contributed by atoms with E-state index in [1.807, 2.05) is 31.2 Å². The minimum Gasteiger partial charge on any atom is -0.484 e. The summed E-state index contributed by atoms with van der Waals surface area (Å²) in [4.78, 5) is 27.9. The van der Waals surface area contributed by atoms with Gasteiger partial charge in [-0.1, -0.05) is 12.1 Å². The fraction of sp³-hybridized carbons (Fsp3) is 0.591. The minimum absolute atomic E-state index is 0.0545. The van der Waals surface area contributed by atoms with Crippen LogP contribution in [0.2, 0.25) is 0 Å². The van der Waals surface area contributed by atoms with E-state index in [2.05, 4.69) is 26.3 Å². The van der Waals surface area contributed by atoms with Crippen LogP contribution in [-0.2, 0) is 16.0 Å². The lowest BCUT2D eigenvalue weighted by Crippen LogP contribution is -2.41. The molecule has 0 bridgehead atoms. The standard InChI is InChI=1S/C22H33N5O3/c1-2-23-22(26-14-13-24-21(29)17-5-6-17)25-12-11-16-3-9-19(10-4-16)30-15-20(28)27-18-7-8-18/h3-4,9-10,17-18H,2,5-8,11-15H2,1H3,(H,24,29)(H,27,28)(H2,23,25,26). The van der Waals surface area contributed by atoms with Crippen LogP contribution >= 0.6 is 0 Å². The van der Waals surface area contributed by atoms with Crippen LogP contribution in [0, 0.1) is 5.92 Å². The Morgan fingerprint density at radius 2 is 1.77 bits per heavy atom. The van der Waals surface area contributed by atoms with Gasteiger partial charge in [-0.05, 0) is 56.7 Å². The maximum atomic E-state index is 11.7. The monoisotopic (exact) mass is 415 g/mol. The molecule has 3 rings (SSSR count). The number of aliphatic imine (C=N–C) groups is 1. The average Bonchev–Trinajstić information content (AvgIpc) is 3.64. The number of rotatable bonds is 12. The molecule has 2 fully saturated rings. The van der Waals surface area contributed by atoms with Crippen molar-refractivity contribution >= 4 is 17.8 Å². The van der Waals surface area contributed by atoms with Gasteiger partial charge in [-0.3, -0.25) is 14.6 Å². The molecule has 0 aliphatic heterocycles. The molecule has 2 saturated carbocycles. The van der Waals surface area contributed by atoms with Gasteiger partial charge in [0.1, 0.15) is 5.75 Å². The summed E-state index contributed by atoms with van der Waals surface area (Å²) in [7, 11) is 0. The van der Waals surface area contributed by atoms with E-state index < -0.39 is 0 Å². The van der Waals surface area contributed by atoms with Crippen molar-refractivity contribution in [2.75, 3.05) is 32.8 Å². The van der Waals surface area contributed by atoms with Crippen molar-refractivity contribution in [3.05, 3.63) is 29.8 Å². The maximum Gasteiger partial charge on any atom is 0.258 e. The van der Waals surface area contributed by atoms with E-state index in [9.17, 15) is 9.59 Å². The molecular formula is C22H33N5O3. The third-order valence-electron chi connectivity index (χ3n) is 4.92. The number of hydrogen-bond acceptors (Lipinski definition) is 4. The first-order valence-electron chi connectivity index (χ1n) is 10.9. The SMILES string of the molecule is CCNC(=NCCc1ccc(OCC(=O)NC2CC2)cc1)NCCNC(=O)C1CC1. The largest absolute Gasteiger partial charge is 0.484 e. The second kappa shape index (κ2) is 11.4. The van der Waals surface area contributed by atoms with Gasteiger partial charge in [0.05, 0.1) is 0 Å². The fourth-order valence-electron chi connectivity index (χ4n) is 2.89. The summed E-state index contributed by atoms with van der Waals surface area (Å²) in [6.45, 7) is 4.74. The summed E-state index contributed by atoms with van der Waals surface area (Å²) in [6.07, 6.45) is 4.99. The molecule has 30 heavy (non-hydrogen) atoms. The molecule has 0 radical (unpaired) electrons. The Kier molecular flexibility index (Phi) is 8.35. The van der Waals surface area contributed by atoms with Gasteiger partial charge < -0.3 is 26.0 Å². The zero-order valence-electron chi connectivity index (χ0n) is 17.7. The van der Waals surface area contributed by atoms with Gasteiger partial charge in [0.15, 0.2) is 12.6 Å². The molecule has 1 aromatic rings. The maximum absolute atomic E-state index is 11.7. The summed E-state index contributed by atoms with van der Waals surface area (Å²) >= 11 is 0. The number of carbonyl (C=O) groups is 2. The summed E-state index contributed by atoms with van der Waals surface area (Å²) < 4.78 is 5.53. The van der Waals surface area contributed by atoms with Gasteiger partial charge in [0.25, 0.3) is 5.91 Å². The van der Waals surface area contributed by atoms with Crippen LogP contribution in [0.15, 0.2) is 29.3 Å². The van der Waals surface area contributed by atoms with Crippen molar-refractivity contribution in [2.45, 2.75) is 45.1 Å². The number of carbonyl (C=O) groups excluding carboxylic acids is 2. The highest BCUT2D eigenvalue weighted by Crippen LogP contribution is 2.28. The van der Waals surface area contributed by atoms with Crippen molar-refractivity contribution in [3.8, 4) is 5.75 Å². The average molecular weight is 416 g/mol. The number of benzene rings is 1. The lowest BCUT2D eigenvalue weighted by Gasteiger charge is -2.12. The first kappa shape index (κ1) is 21.9. The Hall–Kier alpha value is -2.77. The van der Waals surface area contributed by atoms with Crippen LogP contribution in [-0.4, -0.2) is 56.6 Å². The number of nitrogens with one attached hydrogen (secondary N) is 4. The molecule has 8 heteroatoms. The smallest absolute Gasteiger partial charge is 0.258 e. The molecule has 164 valence electrons. The molecule has 0 spiro atoms. The molecule has 4 N–H and O–H groups in total. The van der Waals surface area contributed by atoms with E-state index in [1.54, 1.807) is 0 Å². The van der Waals surface area contributed by atoms with Gasteiger partial charge in [-0.25, -0.2) is 0 Å². The number of guanidine groups is 1. The molecule has 8 nitrogen and oxygen atoms in total. The molecule has 1 aromatic carbocycles. The second-order valence-corrected chi connectivity index (χ2v) is 7.78. The first-order valence-corrected chi connectivity index (χ1v) is 10.9. The molecule has 2 amide bonds. The number of amides is 2. The molecule has 2 aliphatic carbocycles. The van der Waals surface area contributed by atoms with Crippen molar-refractivity contribution in [2.24, 2.45) is 10.9 Å². The first-order chi connectivity index (χ1) is 14.6. The second-order valence-electron chi connectivity index (χ2n) is 7.78. The fourth-order valence-corrected chi connectivity index (χ4v) is 2.89. The summed E-state index contributed by atoms with van der Waals surface area (Å²) in [6, 6.07) is 8.12. The Labute approximate surface area is 178 Å². The van der Waals surface area contributed by atoms with E-state index in [4.69, 9.17) is 4.74 Å². The lowest BCUT2D eigenvalue weighted by atomic mass is 10.1. The van der Waals surface area contributed by atoms with Crippen molar-refractivity contribution in [3.63, 3.8) is 0 Å². The van der Waals surface area contributed by atoms with E-state index in [1.165, 1.54) is 0 Å². The number of hydrogen-bond donors (Lipinski definition) is 4. The quantitative estimate of drug-likeness (QED) is 0.231. The van der Waals surface area contributed by atoms with Gasteiger partial charge in [0.2, 0.25) is 5.91 Å². The number of ether oxygens (including phenoxy) is 1. The Balaban J connectivity index is 1.33. The molecular weight excluding hydrogens is 382 g/mol. The Morgan fingerprint density at radius 3 is 2.43 bits per heavy atom. The van der Waals surface area contributed by atoms with E-state index >= 15 is 0 Å². The molecule has 2 aliphatic rings. The minimum atomic E-state index is -0.0635. The van der Waals surface area contributed by atoms with Crippen molar-refractivity contribution in [1.29, 1.82) is 0 Å². The lowest BCUT2D eigenvalue weighted by molar-refractivity contribution is -0.123. The highest BCUT2D eigenvalue weighted by atomic mass is 16.5. The molecule has 0 aromatic heterocycles. The highest BCUT2D eigenvalue weighted by molar-refractivity contribution is 5.81. The molecule has 0 atom stereocenters. The Morgan fingerprint density at radius 1 is 1.03 bits per heavy atom. The highest BCUT2D eigenvalue weighted by Gasteiger charge is 2.29. The summed E-state index contributed by atoms with van der Waals surface area (Å²) in [5.74, 6) is 1.78. The van der Waals surface area contributed by atoms with E-state index in [0.717, 1.165) is 50.2 Å². The Bertz CT molecular complexity index is 727. The zero-order valence-corrected chi connectivity index (χ0v) is 17.7. The van der Waals surface area contributed by atoms with Gasteiger partial charge in [0, 0.05) is 38.1 Å². The predicted molar refractivity (Wildman–Crippen MR) is 117 cm³/mol. The molecule has 0 unspecified atom stereocenters. The van der Waals surface area contributed by atoms with Crippen LogP contribution in [0.5, 0.6) is 5.75 Å². The predicted octanol–water partition coefficient (Wildman–Crippen LogP) is 0.968. The van der Waals surface area contributed by atoms with Gasteiger partial charge in [-0.2, -0.15) is 0 Å². The third kappa shape index (κ3) is 8.31. The van der Waals surface area contributed by atoms with Crippen LogP contribution in [0.4, 0.5) is 0 Å². The van der Waals surface area contributed by atoms with Crippen molar-refractivity contribution in [1.82, 2.24) is 21.3 Å². The third-order valence-corrected chi connectivity index (χ3v) is 4.92. The van der Waals surface area contributed by atoms with E-state index in [0.29, 0.717) is 31.4 Å². The van der Waals surface area contributed by atoms with Crippen LogP contribution in [0.25, 0.3) is 0 Å². The zero-order chi connectivity index (χ0) is 21.2. The molecule has 0 saturated heterocycles. The van der Waals surface area contributed by atoms with E-state index in [-0.39, 0.29) is 24.3 Å². The normalized spacial score (nSPS) is 16.0. The summed E-state index contributed by atoms with van der Waals surface area (Å²) in [5, 5.41) is 12.3. The molecule has 0 heterocycles. The van der Waals surface area contributed by atoms with Crippen LogP contribution < -0.4 is 26.0 Å². The van der Waals surface area contributed by atoms with Gasteiger partial charge in [-0.15, -0.1) is 0 Å². The topological polar surface area (TPSA) is 104 Å². The van der Waals surface area contributed by atoms with Crippen LogP contribution in [0.3, 0.4) is 0 Å². The number of nitrogens with zero attached hydrogens (tertiary/aromatic N) is 1. The summed E-state index contributed by atoms with van der Waals surface area (Å²) in [5.41, 5.74) is 1.15. The van der Waals surface area contributed by atoms with Gasteiger partial charge >= 0.3 is 0 Å². The van der Waals surface area contributed by atoms with Crippen molar-refractivity contribution < 1.29 is 14.3 Å².